The number of nitrogens with two attached hydrogens (primary N) is 1. The first-order valence-corrected chi connectivity index (χ1v) is 10.3. The van der Waals surface area contributed by atoms with Gasteiger partial charge in [-0.15, -0.1) is 24.0 Å². The Labute approximate surface area is 195 Å². The molecule has 0 aromatic carbocycles. The number of piperidine rings is 1. The van der Waals surface area contributed by atoms with Crippen LogP contribution in [-0.2, 0) is 17.9 Å². The normalized spacial score (nSPS) is 16.6. The standard InChI is InChI=1S/C21H31N7O.HI/c1-2-23-21(25-10-14-27-11-3-4-12-27)26-15-17-7-5-9-24-20(17)28-13-6-8-18(16-28)19(22)29;/h3-5,7,9,11-12,18H,2,6,8,10,13-16H2,1H3,(H2,22,29)(H2,23,25,26);1H. The van der Waals surface area contributed by atoms with E-state index in [0.29, 0.717) is 13.1 Å². The van der Waals surface area contributed by atoms with Crippen molar-refractivity contribution in [3.8, 4) is 0 Å². The van der Waals surface area contributed by atoms with E-state index in [2.05, 4.69) is 32.0 Å². The fourth-order valence-corrected chi connectivity index (χ4v) is 3.57. The Hall–Kier alpha value is -2.30. The van der Waals surface area contributed by atoms with Crippen molar-refractivity contribution in [2.75, 3.05) is 31.1 Å². The smallest absolute Gasteiger partial charge is 0.222 e. The molecule has 4 N–H and O–H groups in total. The lowest BCUT2D eigenvalue weighted by Crippen LogP contribution is -2.42. The number of carbonyl (C=O) groups excluding carboxylic acids is 1. The van der Waals surface area contributed by atoms with Gasteiger partial charge in [0.25, 0.3) is 0 Å². The number of carbonyl (C=O) groups is 1. The summed E-state index contributed by atoms with van der Waals surface area (Å²) in [5.74, 6) is 1.33. The Morgan fingerprint density at radius 1 is 1.30 bits per heavy atom. The molecule has 0 bridgehead atoms. The molecular formula is C21H32IN7O. The maximum atomic E-state index is 11.6. The first-order valence-electron chi connectivity index (χ1n) is 10.3. The summed E-state index contributed by atoms with van der Waals surface area (Å²) < 4.78 is 2.13. The number of amides is 1. The highest BCUT2D eigenvalue weighted by atomic mass is 127. The van der Waals surface area contributed by atoms with Gasteiger partial charge in [0.2, 0.25) is 5.91 Å². The zero-order valence-corrected chi connectivity index (χ0v) is 19.8. The predicted octanol–water partition coefficient (Wildman–Crippen LogP) is 1.96. The fourth-order valence-electron chi connectivity index (χ4n) is 3.57. The number of nitrogens with zero attached hydrogens (tertiary/aromatic N) is 4. The van der Waals surface area contributed by atoms with Gasteiger partial charge < -0.3 is 25.8 Å². The van der Waals surface area contributed by atoms with Crippen LogP contribution in [0, 0.1) is 5.92 Å². The van der Waals surface area contributed by atoms with Gasteiger partial charge in [0.05, 0.1) is 12.5 Å². The predicted molar refractivity (Wildman–Crippen MR) is 131 cm³/mol. The summed E-state index contributed by atoms with van der Waals surface area (Å²) in [7, 11) is 0. The number of aromatic nitrogens is 2. The van der Waals surface area contributed by atoms with Crippen LogP contribution in [0.15, 0.2) is 47.8 Å². The van der Waals surface area contributed by atoms with Crippen LogP contribution in [0.3, 0.4) is 0 Å². The van der Waals surface area contributed by atoms with E-state index in [9.17, 15) is 4.79 Å². The second kappa shape index (κ2) is 12.4. The third-order valence-electron chi connectivity index (χ3n) is 5.07. The molecule has 3 rings (SSSR count). The van der Waals surface area contributed by atoms with Crippen LogP contribution in [0.2, 0.25) is 0 Å². The Bertz CT molecular complexity index is 809. The summed E-state index contributed by atoms with van der Waals surface area (Å²) in [6, 6.07) is 8.01. The molecule has 0 aliphatic carbocycles. The molecule has 9 heteroatoms. The van der Waals surface area contributed by atoms with E-state index in [0.717, 1.165) is 56.4 Å². The van der Waals surface area contributed by atoms with Crippen molar-refractivity contribution in [3.05, 3.63) is 48.4 Å². The van der Waals surface area contributed by atoms with Crippen LogP contribution in [-0.4, -0.2) is 47.6 Å². The van der Waals surface area contributed by atoms with Crippen LogP contribution in [0.5, 0.6) is 0 Å². The van der Waals surface area contributed by atoms with E-state index >= 15 is 0 Å². The number of aliphatic imine (C=N–C) groups is 1. The van der Waals surface area contributed by atoms with Crippen molar-refractivity contribution in [1.29, 1.82) is 0 Å². The number of nitrogens with one attached hydrogen (secondary N) is 2. The van der Waals surface area contributed by atoms with Gasteiger partial charge in [0.15, 0.2) is 5.96 Å². The van der Waals surface area contributed by atoms with Gasteiger partial charge in [-0.3, -0.25) is 4.79 Å². The molecule has 0 radical (unpaired) electrons. The molecule has 8 nitrogen and oxygen atoms in total. The number of hydrogen-bond donors (Lipinski definition) is 3. The second-order valence-corrected chi connectivity index (χ2v) is 7.22. The Kier molecular flexibility index (Phi) is 9.92. The molecule has 1 atom stereocenters. The molecule has 0 saturated carbocycles. The maximum Gasteiger partial charge on any atom is 0.222 e. The Morgan fingerprint density at radius 3 is 2.83 bits per heavy atom. The minimum absolute atomic E-state index is 0. The summed E-state index contributed by atoms with van der Waals surface area (Å²) in [5, 5.41) is 6.66. The summed E-state index contributed by atoms with van der Waals surface area (Å²) in [5.41, 5.74) is 6.57. The summed E-state index contributed by atoms with van der Waals surface area (Å²) in [4.78, 5) is 23.1. The van der Waals surface area contributed by atoms with Crippen molar-refractivity contribution in [2.45, 2.75) is 32.9 Å². The van der Waals surface area contributed by atoms with E-state index in [-0.39, 0.29) is 35.8 Å². The van der Waals surface area contributed by atoms with E-state index in [1.807, 2.05) is 36.7 Å². The van der Waals surface area contributed by atoms with Gasteiger partial charge in [-0.25, -0.2) is 9.98 Å². The van der Waals surface area contributed by atoms with Crippen molar-refractivity contribution in [3.63, 3.8) is 0 Å². The average molecular weight is 525 g/mol. The number of pyridine rings is 1. The molecule has 164 valence electrons. The van der Waals surface area contributed by atoms with Crippen LogP contribution in [0.1, 0.15) is 25.3 Å². The number of halogens is 1. The minimum atomic E-state index is -0.230. The molecule has 30 heavy (non-hydrogen) atoms. The molecule has 1 saturated heterocycles. The SMILES string of the molecule is CCNC(=NCc1cccnc1N1CCCC(C(N)=O)C1)NCCn1cccc1.I. The lowest BCUT2D eigenvalue weighted by atomic mass is 9.97. The second-order valence-electron chi connectivity index (χ2n) is 7.22. The number of hydrogen-bond acceptors (Lipinski definition) is 4. The van der Waals surface area contributed by atoms with Gasteiger partial charge in [-0.05, 0) is 38.0 Å². The third kappa shape index (κ3) is 6.89. The van der Waals surface area contributed by atoms with Crippen molar-refractivity contribution < 1.29 is 4.79 Å². The number of guanidine groups is 1. The number of anilines is 1. The number of rotatable bonds is 8. The topological polar surface area (TPSA) is 101 Å². The highest BCUT2D eigenvalue weighted by Crippen LogP contribution is 2.24. The van der Waals surface area contributed by atoms with Gasteiger partial charge >= 0.3 is 0 Å². The fraction of sp³-hybridized carbons (Fsp3) is 0.476. The summed E-state index contributed by atoms with van der Waals surface area (Å²) in [6.45, 7) is 6.52. The lowest BCUT2D eigenvalue weighted by Gasteiger charge is -2.33. The van der Waals surface area contributed by atoms with Crippen molar-refractivity contribution >= 4 is 41.7 Å². The van der Waals surface area contributed by atoms with Gasteiger partial charge in [0, 0.05) is 56.9 Å². The highest BCUT2D eigenvalue weighted by Gasteiger charge is 2.25. The average Bonchev–Trinajstić information content (AvgIpc) is 3.26. The minimum Gasteiger partial charge on any atom is -0.369 e. The molecule has 1 aliphatic heterocycles. The van der Waals surface area contributed by atoms with Crippen molar-refractivity contribution in [1.82, 2.24) is 20.2 Å². The molecule has 1 aliphatic rings. The molecular weight excluding hydrogens is 493 g/mol. The molecule has 1 unspecified atom stereocenters. The molecule has 2 aromatic rings. The van der Waals surface area contributed by atoms with Gasteiger partial charge in [-0.2, -0.15) is 0 Å². The van der Waals surface area contributed by atoms with Crippen LogP contribution in [0.4, 0.5) is 5.82 Å². The van der Waals surface area contributed by atoms with Crippen molar-refractivity contribution in [2.24, 2.45) is 16.6 Å². The van der Waals surface area contributed by atoms with E-state index < -0.39 is 0 Å². The first-order chi connectivity index (χ1) is 14.2. The summed E-state index contributed by atoms with van der Waals surface area (Å²) in [6.07, 6.45) is 7.67. The number of primary amides is 1. The Morgan fingerprint density at radius 2 is 2.10 bits per heavy atom. The highest BCUT2D eigenvalue weighted by molar-refractivity contribution is 14.0. The monoisotopic (exact) mass is 525 g/mol. The molecule has 1 fully saturated rings. The van der Waals surface area contributed by atoms with Crippen LogP contribution in [0.25, 0.3) is 0 Å². The molecule has 0 spiro atoms. The van der Waals surface area contributed by atoms with Crippen LogP contribution < -0.4 is 21.3 Å². The molecule has 3 heterocycles. The van der Waals surface area contributed by atoms with E-state index in [1.54, 1.807) is 6.20 Å². The van der Waals surface area contributed by atoms with E-state index in [1.165, 1.54) is 0 Å². The zero-order valence-electron chi connectivity index (χ0n) is 17.5. The third-order valence-corrected chi connectivity index (χ3v) is 5.07. The molecule has 1 amide bonds. The molecule has 2 aromatic heterocycles. The van der Waals surface area contributed by atoms with Crippen LogP contribution >= 0.6 is 24.0 Å². The summed E-state index contributed by atoms with van der Waals surface area (Å²) >= 11 is 0. The zero-order chi connectivity index (χ0) is 20.5. The van der Waals surface area contributed by atoms with Gasteiger partial charge in [0.1, 0.15) is 5.82 Å². The van der Waals surface area contributed by atoms with E-state index in [4.69, 9.17) is 10.7 Å². The quantitative estimate of drug-likeness (QED) is 0.278. The Balaban J connectivity index is 0.00000320. The largest absolute Gasteiger partial charge is 0.369 e. The maximum absolute atomic E-state index is 11.6. The first kappa shape index (κ1) is 24.0. The van der Waals surface area contributed by atoms with Gasteiger partial charge in [-0.1, -0.05) is 6.07 Å². The lowest BCUT2D eigenvalue weighted by molar-refractivity contribution is -0.122.